The number of alkyl halides is 2. The van der Waals surface area contributed by atoms with Gasteiger partial charge in [0.2, 0.25) is 5.95 Å². The first-order chi connectivity index (χ1) is 14.4. The first-order valence-corrected chi connectivity index (χ1v) is 9.57. The first-order valence-electron chi connectivity index (χ1n) is 9.57. The highest BCUT2D eigenvalue weighted by Crippen LogP contribution is 2.35. The van der Waals surface area contributed by atoms with Gasteiger partial charge in [-0.05, 0) is 32.0 Å². The van der Waals surface area contributed by atoms with Gasteiger partial charge in [0, 0.05) is 24.9 Å². The quantitative estimate of drug-likeness (QED) is 0.486. The van der Waals surface area contributed by atoms with Crippen LogP contribution in [0.15, 0.2) is 36.8 Å². The van der Waals surface area contributed by atoms with E-state index in [0.717, 1.165) is 5.52 Å². The maximum Gasteiger partial charge on any atom is 0.269 e. The SMILES string of the molecule is CN[C@H]1CCCC(F)(F)[C@H]1Nc1ncc(C(N)=O)c(Nc2cnn3ccccc23)n1. The molecule has 4 rings (SSSR count). The molecule has 1 amide bonds. The molecule has 3 aromatic heterocycles. The molecule has 1 saturated carbocycles. The number of carbonyl (C=O) groups is 1. The Hall–Kier alpha value is -3.34. The molecule has 0 bridgehead atoms. The van der Waals surface area contributed by atoms with E-state index in [2.05, 4.69) is 31.0 Å². The van der Waals surface area contributed by atoms with Crippen LogP contribution in [0.4, 0.5) is 26.2 Å². The number of hydrogen-bond donors (Lipinski definition) is 4. The highest BCUT2D eigenvalue weighted by molar-refractivity contribution is 5.98. The summed E-state index contributed by atoms with van der Waals surface area (Å²) >= 11 is 0. The number of hydrogen-bond acceptors (Lipinski definition) is 7. The Morgan fingerprint density at radius 2 is 2.17 bits per heavy atom. The second-order valence-corrected chi connectivity index (χ2v) is 7.20. The fourth-order valence-electron chi connectivity index (χ4n) is 3.72. The normalized spacial score (nSPS) is 20.8. The molecule has 9 nitrogen and oxygen atoms in total. The topological polar surface area (TPSA) is 122 Å². The van der Waals surface area contributed by atoms with E-state index in [1.165, 1.54) is 6.20 Å². The standard InChI is InChI=1S/C19H22F2N8O/c1-23-12-5-4-7-19(20,21)15(12)27-18-24-9-11(16(22)30)17(28-18)26-13-10-25-29-8-3-2-6-14(13)29/h2-3,6,8-10,12,15,23H,4-5,7H2,1H3,(H2,22,30)(H2,24,26,27,28)/t12-,15-/m0/s1. The number of rotatable bonds is 6. The number of amides is 1. The van der Waals surface area contributed by atoms with E-state index in [0.29, 0.717) is 18.5 Å². The van der Waals surface area contributed by atoms with Crippen molar-refractivity contribution in [3.63, 3.8) is 0 Å². The van der Waals surface area contributed by atoms with Crippen LogP contribution in [0, 0.1) is 0 Å². The monoisotopic (exact) mass is 416 g/mol. The highest BCUT2D eigenvalue weighted by Gasteiger charge is 2.47. The van der Waals surface area contributed by atoms with Crippen molar-refractivity contribution in [1.29, 1.82) is 0 Å². The molecule has 3 aromatic rings. The van der Waals surface area contributed by atoms with Crippen molar-refractivity contribution in [1.82, 2.24) is 24.9 Å². The Morgan fingerprint density at radius 3 is 2.93 bits per heavy atom. The molecule has 1 aliphatic rings. The van der Waals surface area contributed by atoms with Gasteiger partial charge < -0.3 is 21.7 Å². The third kappa shape index (κ3) is 3.75. The van der Waals surface area contributed by atoms with E-state index in [-0.39, 0.29) is 23.8 Å². The predicted molar refractivity (Wildman–Crippen MR) is 108 cm³/mol. The minimum Gasteiger partial charge on any atom is -0.365 e. The van der Waals surface area contributed by atoms with Crippen molar-refractivity contribution in [2.24, 2.45) is 5.73 Å². The molecule has 3 heterocycles. The number of carbonyl (C=O) groups excluding carboxylic acids is 1. The molecule has 5 N–H and O–H groups in total. The van der Waals surface area contributed by atoms with Crippen LogP contribution in [-0.4, -0.2) is 50.5 Å². The first kappa shape index (κ1) is 20.0. The summed E-state index contributed by atoms with van der Waals surface area (Å²) in [5, 5.41) is 12.9. The molecule has 30 heavy (non-hydrogen) atoms. The molecule has 0 aliphatic heterocycles. The summed E-state index contributed by atoms with van der Waals surface area (Å²) in [7, 11) is 1.65. The lowest BCUT2D eigenvalue weighted by Gasteiger charge is -2.38. The fourth-order valence-corrected chi connectivity index (χ4v) is 3.72. The van der Waals surface area contributed by atoms with Crippen molar-refractivity contribution in [2.75, 3.05) is 17.7 Å². The van der Waals surface area contributed by atoms with Gasteiger partial charge in [0.05, 0.1) is 17.4 Å². The number of aromatic nitrogens is 4. The smallest absolute Gasteiger partial charge is 0.269 e. The maximum absolute atomic E-state index is 14.5. The molecule has 11 heteroatoms. The van der Waals surface area contributed by atoms with Crippen LogP contribution in [0.5, 0.6) is 0 Å². The zero-order chi connectivity index (χ0) is 21.3. The van der Waals surface area contributed by atoms with Gasteiger partial charge in [-0.1, -0.05) is 6.07 Å². The number of nitrogens with one attached hydrogen (secondary N) is 3. The number of anilines is 3. The summed E-state index contributed by atoms with van der Waals surface area (Å²) in [5.41, 5.74) is 6.81. The van der Waals surface area contributed by atoms with Crippen LogP contribution >= 0.6 is 0 Å². The molecule has 0 spiro atoms. The van der Waals surface area contributed by atoms with E-state index >= 15 is 0 Å². The van der Waals surface area contributed by atoms with Gasteiger partial charge in [-0.2, -0.15) is 10.1 Å². The molecule has 0 unspecified atom stereocenters. The number of halogens is 2. The molecule has 1 aliphatic carbocycles. The third-order valence-electron chi connectivity index (χ3n) is 5.27. The molecule has 0 radical (unpaired) electrons. The van der Waals surface area contributed by atoms with Crippen molar-refractivity contribution >= 4 is 28.9 Å². The summed E-state index contributed by atoms with van der Waals surface area (Å²) in [5.74, 6) is -3.57. The van der Waals surface area contributed by atoms with Gasteiger partial charge in [-0.25, -0.2) is 18.3 Å². The highest BCUT2D eigenvalue weighted by atomic mass is 19.3. The zero-order valence-corrected chi connectivity index (χ0v) is 16.3. The van der Waals surface area contributed by atoms with Gasteiger partial charge in [0.1, 0.15) is 17.4 Å². The second-order valence-electron chi connectivity index (χ2n) is 7.20. The van der Waals surface area contributed by atoms with Crippen LogP contribution in [0.25, 0.3) is 5.52 Å². The van der Waals surface area contributed by atoms with Gasteiger partial charge in [0.15, 0.2) is 0 Å². The molecule has 0 saturated heterocycles. The molecular weight excluding hydrogens is 394 g/mol. The van der Waals surface area contributed by atoms with Gasteiger partial charge in [-0.3, -0.25) is 4.79 Å². The van der Waals surface area contributed by atoms with Crippen LogP contribution in [0.3, 0.4) is 0 Å². The van der Waals surface area contributed by atoms with Crippen molar-refractivity contribution in [3.8, 4) is 0 Å². The van der Waals surface area contributed by atoms with Crippen LogP contribution in [0.1, 0.15) is 29.6 Å². The average Bonchev–Trinajstić information content (AvgIpc) is 3.12. The number of primary amides is 1. The number of fused-ring (bicyclic) bond motifs is 1. The largest absolute Gasteiger partial charge is 0.365 e. The molecular formula is C19H22F2N8O. The lowest BCUT2D eigenvalue weighted by Crippen LogP contribution is -2.56. The zero-order valence-electron chi connectivity index (χ0n) is 16.3. The van der Waals surface area contributed by atoms with Crippen LogP contribution < -0.4 is 21.7 Å². The van der Waals surface area contributed by atoms with E-state index in [9.17, 15) is 13.6 Å². The summed E-state index contributed by atoms with van der Waals surface area (Å²) < 4.78 is 30.7. The Bertz CT molecular complexity index is 1070. The average molecular weight is 416 g/mol. The number of nitrogens with zero attached hydrogens (tertiary/aromatic N) is 4. The van der Waals surface area contributed by atoms with E-state index in [4.69, 9.17) is 5.73 Å². The van der Waals surface area contributed by atoms with E-state index in [1.54, 1.807) is 24.0 Å². The minimum atomic E-state index is -2.92. The van der Waals surface area contributed by atoms with Gasteiger partial charge in [-0.15, -0.1) is 0 Å². The van der Waals surface area contributed by atoms with E-state index in [1.807, 2.05) is 18.2 Å². The predicted octanol–water partition coefficient (Wildman–Crippen LogP) is 2.15. The minimum absolute atomic E-state index is 0.0224. The summed E-state index contributed by atoms with van der Waals surface area (Å²) in [6.07, 6.45) is 5.39. The van der Waals surface area contributed by atoms with Crippen molar-refractivity contribution < 1.29 is 13.6 Å². The Labute approximate surface area is 171 Å². The van der Waals surface area contributed by atoms with Crippen molar-refractivity contribution in [3.05, 3.63) is 42.4 Å². The van der Waals surface area contributed by atoms with Gasteiger partial charge in [0.25, 0.3) is 11.8 Å². The number of pyridine rings is 1. The molecule has 1 fully saturated rings. The summed E-state index contributed by atoms with van der Waals surface area (Å²) in [4.78, 5) is 20.2. The van der Waals surface area contributed by atoms with Crippen molar-refractivity contribution in [2.45, 2.75) is 37.3 Å². The molecule has 0 aromatic carbocycles. The van der Waals surface area contributed by atoms with Crippen LogP contribution in [-0.2, 0) is 0 Å². The maximum atomic E-state index is 14.5. The summed E-state index contributed by atoms with van der Waals surface area (Å²) in [6, 6.07) is 3.88. The lowest BCUT2D eigenvalue weighted by atomic mass is 9.87. The Balaban J connectivity index is 1.67. The van der Waals surface area contributed by atoms with Crippen LogP contribution in [0.2, 0.25) is 0 Å². The number of nitrogens with two attached hydrogens (primary N) is 1. The Kier molecular flexibility index (Phi) is 5.20. The second kappa shape index (κ2) is 7.82. The lowest BCUT2D eigenvalue weighted by molar-refractivity contribution is -0.0550. The summed E-state index contributed by atoms with van der Waals surface area (Å²) in [6.45, 7) is 0. The Morgan fingerprint density at radius 1 is 1.33 bits per heavy atom. The molecule has 2 atom stereocenters. The third-order valence-corrected chi connectivity index (χ3v) is 5.27. The molecule has 158 valence electrons. The fraction of sp³-hybridized carbons (Fsp3) is 0.368. The van der Waals surface area contributed by atoms with Gasteiger partial charge >= 0.3 is 0 Å². The number of likely N-dealkylation sites (N-methyl/N-ethyl adjacent to an activating group) is 1. The van der Waals surface area contributed by atoms with E-state index < -0.39 is 23.9 Å².